The summed E-state index contributed by atoms with van der Waals surface area (Å²) in [6, 6.07) is 0. The molecule has 10 heavy (non-hydrogen) atoms. The zero-order chi connectivity index (χ0) is 7.23. The van der Waals surface area contributed by atoms with Crippen molar-refractivity contribution in [3.63, 3.8) is 0 Å². The van der Waals surface area contributed by atoms with Gasteiger partial charge < -0.3 is 10.1 Å². The minimum Gasteiger partial charge on any atom is -0.364 e. The maximum absolute atomic E-state index is 5.18. The predicted octanol–water partition coefficient (Wildman–Crippen LogP) is -0.196. The van der Waals surface area contributed by atoms with Gasteiger partial charge in [0.2, 0.25) is 0 Å². The Hall–Kier alpha value is -0.120. The lowest BCUT2D eigenvalue weighted by Gasteiger charge is -2.21. The van der Waals surface area contributed by atoms with Crippen LogP contribution in [0.1, 0.15) is 6.42 Å². The Morgan fingerprint density at radius 3 is 3.20 bits per heavy atom. The number of hydrogen-bond donors (Lipinski definition) is 1. The van der Waals surface area contributed by atoms with Crippen molar-refractivity contribution in [2.75, 3.05) is 33.5 Å². The van der Waals surface area contributed by atoms with Gasteiger partial charge in [0.25, 0.3) is 0 Å². The zero-order valence-electron chi connectivity index (χ0n) is 6.47. The molecule has 1 rings (SSSR count). The van der Waals surface area contributed by atoms with Gasteiger partial charge in [0.05, 0.1) is 6.61 Å². The lowest BCUT2D eigenvalue weighted by Crippen LogP contribution is -2.31. The highest BCUT2D eigenvalue weighted by atomic mass is 16.5. The second-order valence-corrected chi connectivity index (χ2v) is 2.66. The molecule has 0 aromatic carbocycles. The molecule has 0 bridgehead atoms. The molecule has 1 fully saturated rings. The van der Waals surface area contributed by atoms with E-state index in [0.717, 1.165) is 19.7 Å². The highest BCUT2D eigenvalue weighted by molar-refractivity contribution is 4.64. The van der Waals surface area contributed by atoms with Crippen LogP contribution >= 0.6 is 0 Å². The van der Waals surface area contributed by atoms with Gasteiger partial charge in [-0.15, -0.1) is 0 Å². The van der Waals surface area contributed by atoms with Gasteiger partial charge in [-0.25, -0.2) is 5.32 Å². The molecular weight excluding hydrogens is 128 g/mol. The molecule has 0 saturated carbocycles. The Labute approximate surface area is 62.1 Å². The molecule has 1 aliphatic rings. The van der Waals surface area contributed by atoms with Crippen molar-refractivity contribution in [3.8, 4) is 0 Å². The first-order valence-electron chi connectivity index (χ1n) is 3.79. The van der Waals surface area contributed by atoms with Crippen molar-refractivity contribution in [1.82, 2.24) is 10.6 Å². The van der Waals surface area contributed by atoms with Crippen LogP contribution in [0.3, 0.4) is 0 Å². The third-order valence-corrected chi connectivity index (χ3v) is 1.73. The highest BCUT2D eigenvalue weighted by Crippen LogP contribution is 2.05. The molecule has 59 valence electrons. The average molecular weight is 143 g/mol. The molecule has 1 N–H and O–H groups in total. The maximum Gasteiger partial charge on any atom is 0.112 e. The molecule has 1 saturated heterocycles. The number of rotatable bonds is 3. The summed E-state index contributed by atoms with van der Waals surface area (Å²) in [7, 11) is 1.97. The first-order chi connectivity index (χ1) is 4.93. The minimum atomic E-state index is 0.607. The van der Waals surface area contributed by atoms with Crippen LogP contribution in [0.5, 0.6) is 0 Å². The Bertz CT molecular complexity index is 81.7. The van der Waals surface area contributed by atoms with Gasteiger partial charge in [0.1, 0.15) is 6.73 Å². The van der Waals surface area contributed by atoms with Crippen molar-refractivity contribution >= 4 is 0 Å². The van der Waals surface area contributed by atoms with Crippen LogP contribution in [-0.2, 0) is 4.74 Å². The van der Waals surface area contributed by atoms with Crippen LogP contribution in [0.4, 0.5) is 0 Å². The summed E-state index contributed by atoms with van der Waals surface area (Å²) in [6.07, 6.45) is 1.18. The number of ether oxygens (including phenoxy) is 1. The third-order valence-electron chi connectivity index (χ3n) is 1.73. The average Bonchev–Trinajstić information content (AvgIpc) is 2.03. The van der Waals surface area contributed by atoms with Gasteiger partial charge in [-0.1, -0.05) is 0 Å². The van der Waals surface area contributed by atoms with E-state index >= 15 is 0 Å². The van der Waals surface area contributed by atoms with E-state index < -0.39 is 0 Å². The molecule has 0 aliphatic carbocycles. The second kappa shape index (κ2) is 4.66. The largest absolute Gasteiger partial charge is 0.364 e. The predicted molar refractivity (Wildman–Crippen MR) is 39.9 cm³/mol. The Kier molecular flexibility index (Phi) is 3.72. The van der Waals surface area contributed by atoms with Crippen LogP contribution in [0.25, 0.3) is 0 Å². The lowest BCUT2D eigenvalue weighted by atomic mass is 10.1. The maximum atomic E-state index is 5.18. The van der Waals surface area contributed by atoms with Gasteiger partial charge in [-0.3, -0.25) is 0 Å². The van der Waals surface area contributed by atoms with Crippen LogP contribution < -0.4 is 10.6 Å². The van der Waals surface area contributed by atoms with Gasteiger partial charge in [-0.05, 0) is 25.9 Å². The minimum absolute atomic E-state index is 0.607. The Morgan fingerprint density at radius 1 is 1.70 bits per heavy atom. The molecular formula is C7H15N2O. The van der Waals surface area contributed by atoms with Crippen molar-refractivity contribution in [2.24, 2.45) is 5.92 Å². The molecule has 0 spiro atoms. The van der Waals surface area contributed by atoms with Gasteiger partial charge in [0.15, 0.2) is 0 Å². The lowest BCUT2D eigenvalue weighted by molar-refractivity contribution is 0.0406. The number of nitrogens with one attached hydrogen (secondary N) is 1. The van der Waals surface area contributed by atoms with Crippen molar-refractivity contribution in [3.05, 3.63) is 0 Å². The van der Waals surface area contributed by atoms with Crippen molar-refractivity contribution in [1.29, 1.82) is 0 Å². The zero-order valence-corrected chi connectivity index (χ0v) is 6.47. The molecule has 0 aromatic rings. The fourth-order valence-electron chi connectivity index (χ4n) is 1.09. The first-order valence-corrected chi connectivity index (χ1v) is 3.79. The summed E-state index contributed by atoms with van der Waals surface area (Å²) < 4.78 is 5.18. The van der Waals surface area contributed by atoms with E-state index in [2.05, 4.69) is 10.6 Å². The summed E-state index contributed by atoms with van der Waals surface area (Å²) in [5.74, 6) is 0.654. The Balaban J connectivity index is 2.02. The summed E-state index contributed by atoms with van der Waals surface area (Å²) in [5.41, 5.74) is 0. The molecule has 3 nitrogen and oxygen atoms in total. The van der Waals surface area contributed by atoms with Gasteiger partial charge in [-0.2, -0.15) is 0 Å². The quantitative estimate of drug-likeness (QED) is 0.594. The smallest absolute Gasteiger partial charge is 0.112 e. The van der Waals surface area contributed by atoms with E-state index in [9.17, 15) is 0 Å². The molecule has 1 atom stereocenters. The van der Waals surface area contributed by atoms with Gasteiger partial charge >= 0.3 is 0 Å². The van der Waals surface area contributed by atoms with Crippen LogP contribution in [-0.4, -0.2) is 33.5 Å². The van der Waals surface area contributed by atoms with Crippen molar-refractivity contribution < 1.29 is 4.74 Å². The summed E-state index contributed by atoms with van der Waals surface area (Å²) in [4.78, 5) is 0. The molecule has 3 heteroatoms. The van der Waals surface area contributed by atoms with Crippen molar-refractivity contribution in [2.45, 2.75) is 6.42 Å². The summed E-state index contributed by atoms with van der Waals surface area (Å²) >= 11 is 0. The van der Waals surface area contributed by atoms with Crippen LogP contribution in [0.2, 0.25) is 0 Å². The summed E-state index contributed by atoms with van der Waals surface area (Å²) in [5, 5.41) is 7.28. The topological polar surface area (TPSA) is 35.4 Å². The standard InChI is InChI=1S/C7H15N2O/c1-8-3-2-7-4-9-6-10-5-7/h7-8H,2-6H2,1H3. The van der Waals surface area contributed by atoms with E-state index in [1.807, 2.05) is 7.05 Å². The van der Waals surface area contributed by atoms with Crippen LogP contribution in [0.15, 0.2) is 0 Å². The molecule has 0 aromatic heterocycles. The molecule has 0 amide bonds. The second-order valence-electron chi connectivity index (χ2n) is 2.66. The van der Waals surface area contributed by atoms with E-state index in [-0.39, 0.29) is 0 Å². The monoisotopic (exact) mass is 143 g/mol. The fourth-order valence-corrected chi connectivity index (χ4v) is 1.09. The number of nitrogens with zero attached hydrogens (tertiary/aromatic N) is 1. The molecule has 1 aliphatic heterocycles. The first kappa shape index (κ1) is 7.98. The van der Waals surface area contributed by atoms with E-state index in [1.165, 1.54) is 6.42 Å². The normalized spacial score (nSPS) is 26.7. The van der Waals surface area contributed by atoms with E-state index in [0.29, 0.717) is 12.6 Å². The molecule has 1 radical (unpaired) electrons. The highest BCUT2D eigenvalue weighted by Gasteiger charge is 2.12. The molecule has 1 heterocycles. The van der Waals surface area contributed by atoms with Crippen LogP contribution in [0, 0.1) is 5.92 Å². The third kappa shape index (κ3) is 2.64. The summed E-state index contributed by atoms with van der Waals surface area (Å²) in [6.45, 7) is 3.56. The SMILES string of the molecule is CNCCC1C[N]COC1. The number of hydrogen-bond acceptors (Lipinski definition) is 2. The fraction of sp³-hybridized carbons (Fsp3) is 1.00. The van der Waals surface area contributed by atoms with E-state index in [4.69, 9.17) is 4.74 Å². The molecule has 1 unspecified atom stereocenters. The van der Waals surface area contributed by atoms with Gasteiger partial charge in [0, 0.05) is 6.54 Å². The Morgan fingerprint density at radius 2 is 2.60 bits per heavy atom. The van der Waals surface area contributed by atoms with E-state index in [1.54, 1.807) is 0 Å².